The first-order valence-electron chi connectivity index (χ1n) is 8.08. The van der Waals surface area contributed by atoms with Crippen LogP contribution in [-0.2, 0) is 20.6 Å². The molecule has 0 atom stereocenters. The van der Waals surface area contributed by atoms with Gasteiger partial charge < -0.3 is 5.32 Å². The molecule has 0 saturated heterocycles. The molecule has 2 rings (SSSR count). The van der Waals surface area contributed by atoms with Crippen LogP contribution in [-0.4, -0.2) is 39.4 Å². The molecule has 0 aromatic heterocycles. The highest BCUT2D eigenvalue weighted by molar-refractivity contribution is 14.1. The van der Waals surface area contributed by atoms with Gasteiger partial charge in [0.1, 0.15) is 6.54 Å². The van der Waals surface area contributed by atoms with E-state index in [0.29, 0.717) is 18.0 Å². The van der Waals surface area contributed by atoms with E-state index in [1.807, 2.05) is 24.3 Å². The smallest absolute Gasteiger partial charge is 0.240 e. The summed E-state index contributed by atoms with van der Waals surface area (Å²) in [6, 6.07) is 14.6. The molecule has 0 aliphatic rings. The Balaban J connectivity index is 1.82. The lowest BCUT2D eigenvalue weighted by Gasteiger charge is -2.22. The van der Waals surface area contributed by atoms with Crippen LogP contribution in [0.3, 0.4) is 0 Å². The summed E-state index contributed by atoms with van der Waals surface area (Å²) < 4.78 is 26.2. The van der Waals surface area contributed by atoms with Gasteiger partial charge in [0.15, 0.2) is 0 Å². The van der Waals surface area contributed by atoms with Gasteiger partial charge in [-0.3, -0.25) is 9.10 Å². The largest absolute Gasteiger partial charge is 0.354 e. The van der Waals surface area contributed by atoms with E-state index in [9.17, 15) is 13.2 Å². The summed E-state index contributed by atoms with van der Waals surface area (Å²) in [5, 5.41) is 3.50. The van der Waals surface area contributed by atoms with Crippen LogP contribution in [0.2, 0.25) is 5.02 Å². The first-order chi connectivity index (χ1) is 12.8. The number of anilines is 1. The van der Waals surface area contributed by atoms with Gasteiger partial charge in [-0.1, -0.05) is 29.8 Å². The average molecular weight is 539 g/mol. The molecule has 0 aliphatic heterocycles. The molecule has 0 spiro atoms. The maximum absolute atomic E-state index is 12.2. The molecule has 0 bridgehead atoms. The Morgan fingerprint density at radius 2 is 1.85 bits per heavy atom. The third kappa shape index (κ3) is 7.52. The fraction of sp³-hybridized carbons (Fsp3) is 0.278. The molecule has 0 saturated carbocycles. The molecular formula is C18H20ClIN2O3S2. The number of thioether (sulfide) groups is 1. The van der Waals surface area contributed by atoms with E-state index in [1.165, 1.54) is 0 Å². The highest BCUT2D eigenvalue weighted by Crippen LogP contribution is 2.21. The molecule has 27 heavy (non-hydrogen) atoms. The molecule has 146 valence electrons. The van der Waals surface area contributed by atoms with Gasteiger partial charge in [0.2, 0.25) is 15.9 Å². The van der Waals surface area contributed by atoms with E-state index >= 15 is 0 Å². The third-order valence-corrected chi connectivity index (χ3v) is 6.82. The number of carbonyl (C=O) groups excluding carboxylic acids is 1. The van der Waals surface area contributed by atoms with Crippen LogP contribution in [0.5, 0.6) is 0 Å². The number of amides is 1. The quantitative estimate of drug-likeness (QED) is 0.390. The van der Waals surface area contributed by atoms with Crippen LogP contribution in [0, 0.1) is 3.57 Å². The molecule has 9 heteroatoms. The van der Waals surface area contributed by atoms with Gasteiger partial charge in [-0.15, -0.1) is 0 Å². The predicted octanol–water partition coefficient (Wildman–Crippen LogP) is 3.76. The van der Waals surface area contributed by atoms with Crippen molar-refractivity contribution in [2.24, 2.45) is 0 Å². The van der Waals surface area contributed by atoms with E-state index < -0.39 is 10.0 Å². The minimum atomic E-state index is -3.55. The summed E-state index contributed by atoms with van der Waals surface area (Å²) in [7, 11) is -3.55. The summed E-state index contributed by atoms with van der Waals surface area (Å²) in [5.74, 6) is 1.13. The molecular weight excluding hydrogens is 519 g/mol. The number of hydrogen-bond donors (Lipinski definition) is 1. The van der Waals surface area contributed by atoms with Crippen molar-refractivity contribution in [2.45, 2.75) is 5.75 Å². The van der Waals surface area contributed by atoms with E-state index in [2.05, 4.69) is 27.9 Å². The molecule has 2 aromatic carbocycles. The van der Waals surface area contributed by atoms with Crippen LogP contribution in [0.1, 0.15) is 5.56 Å². The fourth-order valence-electron chi connectivity index (χ4n) is 2.25. The first kappa shape index (κ1) is 22.3. The second kappa shape index (κ2) is 10.5. The Hall–Kier alpha value is -0.970. The highest BCUT2D eigenvalue weighted by atomic mass is 127. The topological polar surface area (TPSA) is 66.5 Å². The van der Waals surface area contributed by atoms with Crippen molar-refractivity contribution in [1.82, 2.24) is 5.32 Å². The van der Waals surface area contributed by atoms with E-state index in [4.69, 9.17) is 11.6 Å². The Kier molecular flexibility index (Phi) is 8.71. The molecule has 5 nitrogen and oxygen atoms in total. The summed E-state index contributed by atoms with van der Waals surface area (Å²) in [6.07, 6.45) is 1.09. The summed E-state index contributed by atoms with van der Waals surface area (Å²) in [4.78, 5) is 12.2. The second-order valence-electron chi connectivity index (χ2n) is 5.74. The summed E-state index contributed by atoms with van der Waals surface area (Å²) >= 11 is 9.90. The Morgan fingerprint density at radius 1 is 1.19 bits per heavy atom. The Bertz CT molecular complexity index is 876. The molecule has 0 radical (unpaired) electrons. The van der Waals surface area contributed by atoms with E-state index in [0.717, 1.165) is 30.5 Å². The van der Waals surface area contributed by atoms with Crippen LogP contribution in [0.25, 0.3) is 0 Å². The predicted molar refractivity (Wildman–Crippen MR) is 122 cm³/mol. The van der Waals surface area contributed by atoms with Crippen molar-refractivity contribution < 1.29 is 13.2 Å². The number of carbonyl (C=O) groups is 1. The standard InChI is InChI=1S/C18H20ClIN2O3S2/c1-27(24,25)22(16-8-6-15(20)7-9-16)12-18(23)21-10-11-26-13-14-4-2-3-5-17(14)19/h2-9H,10-13H2,1H3,(H,21,23). The minimum Gasteiger partial charge on any atom is -0.354 e. The number of halogens is 2. The normalized spacial score (nSPS) is 11.2. The second-order valence-corrected chi connectivity index (χ2v) is 10.4. The monoisotopic (exact) mass is 538 g/mol. The van der Waals surface area contributed by atoms with Gasteiger partial charge in [-0.05, 0) is 58.5 Å². The number of benzene rings is 2. The lowest BCUT2D eigenvalue weighted by molar-refractivity contribution is -0.119. The maximum Gasteiger partial charge on any atom is 0.240 e. The summed E-state index contributed by atoms with van der Waals surface area (Å²) in [5.41, 5.74) is 1.53. The van der Waals surface area contributed by atoms with Gasteiger partial charge in [-0.2, -0.15) is 11.8 Å². The van der Waals surface area contributed by atoms with E-state index in [1.54, 1.807) is 36.0 Å². The lowest BCUT2D eigenvalue weighted by Crippen LogP contribution is -2.41. The van der Waals surface area contributed by atoms with Crippen molar-refractivity contribution in [3.63, 3.8) is 0 Å². The van der Waals surface area contributed by atoms with Crippen molar-refractivity contribution in [3.05, 3.63) is 62.7 Å². The lowest BCUT2D eigenvalue weighted by atomic mass is 10.2. The van der Waals surface area contributed by atoms with Gasteiger partial charge >= 0.3 is 0 Å². The van der Waals surface area contributed by atoms with Crippen LogP contribution in [0.15, 0.2) is 48.5 Å². The number of sulfonamides is 1. The van der Waals surface area contributed by atoms with Crippen molar-refractivity contribution in [1.29, 1.82) is 0 Å². The van der Waals surface area contributed by atoms with Crippen molar-refractivity contribution in [2.75, 3.05) is 29.4 Å². The number of nitrogens with zero attached hydrogens (tertiary/aromatic N) is 1. The number of rotatable bonds is 9. The van der Waals surface area contributed by atoms with Gasteiger partial charge in [0.05, 0.1) is 11.9 Å². The number of hydrogen-bond acceptors (Lipinski definition) is 4. The highest BCUT2D eigenvalue weighted by Gasteiger charge is 2.20. The van der Waals surface area contributed by atoms with Crippen LogP contribution < -0.4 is 9.62 Å². The maximum atomic E-state index is 12.2. The zero-order chi connectivity index (χ0) is 19.9. The van der Waals surface area contributed by atoms with Gasteiger partial charge in [-0.25, -0.2) is 8.42 Å². The first-order valence-corrected chi connectivity index (χ1v) is 12.5. The Morgan fingerprint density at radius 3 is 2.48 bits per heavy atom. The Labute approximate surface area is 183 Å². The van der Waals surface area contributed by atoms with Crippen molar-refractivity contribution in [3.8, 4) is 0 Å². The average Bonchev–Trinajstić information content (AvgIpc) is 2.61. The molecule has 1 N–H and O–H groups in total. The molecule has 0 fully saturated rings. The molecule has 2 aromatic rings. The zero-order valence-electron chi connectivity index (χ0n) is 14.7. The molecule has 1 amide bonds. The molecule has 0 heterocycles. The van der Waals surface area contributed by atoms with Gasteiger partial charge in [0, 0.05) is 26.6 Å². The number of nitrogens with one attached hydrogen (secondary N) is 1. The summed E-state index contributed by atoms with van der Waals surface area (Å²) in [6.45, 7) is 0.215. The molecule has 0 unspecified atom stereocenters. The van der Waals surface area contributed by atoms with Crippen LogP contribution >= 0.6 is 46.0 Å². The van der Waals surface area contributed by atoms with E-state index in [-0.39, 0.29) is 12.5 Å². The van der Waals surface area contributed by atoms with Crippen LogP contribution in [0.4, 0.5) is 5.69 Å². The SMILES string of the molecule is CS(=O)(=O)N(CC(=O)NCCSCc1ccccc1Cl)c1ccc(I)cc1. The fourth-order valence-corrected chi connectivity index (χ4v) is 4.61. The molecule has 0 aliphatic carbocycles. The zero-order valence-corrected chi connectivity index (χ0v) is 19.2. The third-order valence-electron chi connectivity index (χ3n) is 3.59. The van der Waals surface area contributed by atoms with Crippen molar-refractivity contribution >= 4 is 67.6 Å². The minimum absolute atomic E-state index is 0.241. The van der Waals surface area contributed by atoms with Gasteiger partial charge in [0.25, 0.3) is 0 Å².